The summed E-state index contributed by atoms with van der Waals surface area (Å²) in [5, 5.41) is 0. The van der Waals surface area contributed by atoms with Gasteiger partial charge in [-0.1, -0.05) is 28.1 Å². The molecule has 0 heterocycles. The highest BCUT2D eigenvalue weighted by Gasteiger charge is 2.40. The van der Waals surface area contributed by atoms with Crippen LogP contribution in [0.3, 0.4) is 0 Å². The minimum absolute atomic E-state index is 0.218. The first-order valence-corrected chi connectivity index (χ1v) is 6.78. The van der Waals surface area contributed by atoms with E-state index in [1.807, 2.05) is 24.3 Å². The summed E-state index contributed by atoms with van der Waals surface area (Å²) in [6.45, 7) is 0. The molecule has 0 radical (unpaired) electrons. The summed E-state index contributed by atoms with van der Waals surface area (Å²) in [5.74, 6) is 0.218. The highest BCUT2D eigenvalue weighted by Crippen LogP contribution is 2.34. The molecule has 1 fully saturated rings. The van der Waals surface area contributed by atoms with E-state index in [9.17, 15) is 4.79 Å². The Labute approximate surface area is 110 Å². The fourth-order valence-electron chi connectivity index (χ4n) is 2.54. The van der Waals surface area contributed by atoms with E-state index >= 15 is 0 Å². The number of rotatable bonds is 4. The number of carbonyl (C=O) groups excluding carboxylic acids is 1. The maximum absolute atomic E-state index is 12.3. The first-order chi connectivity index (χ1) is 8.16. The molecule has 0 N–H and O–H groups in total. The molecular weight excluding hydrogens is 280 g/mol. The van der Waals surface area contributed by atoms with Crippen molar-refractivity contribution in [3.8, 4) is 0 Å². The number of halogens is 1. The SMILES string of the molecule is COC1(C(=O)Cc2cccc(Br)c2)CCCC1. The van der Waals surface area contributed by atoms with Crippen LogP contribution in [-0.4, -0.2) is 18.5 Å². The fourth-order valence-corrected chi connectivity index (χ4v) is 2.98. The Balaban J connectivity index is 2.10. The van der Waals surface area contributed by atoms with Crippen LogP contribution in [0.2, 0.25) is 0 Å². The van der Waals surface area contributed by atoms with Crippen LogP contribution in [0.1, 0.15) is 31.2 Å². The summed E-state index contributed by atoms with van der Waals surface area (Å²) in [5.41, 5.74) is 0.537. The van der Waals surface area contributed by atoms with Crippen LogP contribution in [0, 0.1) is 0 Å². The van der Waals surface area contributed by atoms with Gasteiger partial charge in [-0.2, -0.15) is 0 Å². The van der Waals surface area contributed by atoms with E-state index in [-0.39, 0.29) is 5.78 Å². The first kappa shape index (κ1) is 12.8. The molecule has 92 valence electrons. The molecule has 1 aromatic carbocycles. The van der Waals surface area contributed by atoms with E-state index in [4.69, 9.17) is 4.74 Å². The Morgan fingerprint density at radius 2 is 2.12 bits per heavy atom. The Morgan fingerprint density at radius 3 is 2.71 bits per heavy atom. The topological polar surface area (TPSA) is 26.3 Å². The Hall–Kier alpha value is -0.670. The molecule has 2 nitrogen and oxygen atoms in total. The lowest BCUT2D eigenvalue weighted by Gasteiger charge is -2.25. The molecule has 0 bridgehead atoms. The van der Waals surface area contributed by atoms with Crippen LogP contribution in [0.15, 0.2) is 28.7 Å². The maximum Gasteiger partial charge on any atom is 0.168 e. The molecule has 0 aliphatic heterocycles. The Bertz CT molecular complexity index is 408. The number of hydrogen-bond donors (Lipinski definition) is 0. The second kappa shape index (κ2) is 5.32. The monoisotopic (exact) mass is 296 g/mol. The first-order valence-electron chi connectivity index (χ1n) is 5.99. The predicted molar refractivity (Wildman–Crippen MR) is 71.1 cm³/mol. The van der Waals surface area contributed by atoms with Crippen molar-refractivity contribution in [1.82, 2.24) is 0 Å². The summed E-state index contributed by atoms with van der Waals surface area (Å²) < 4.78 is 6.52. The van der Waals surface area contributed by atoms with E-state index in [1.165, 1.54) is 0 Å². The summed E-state index contributed by atoms with van der Waals surface area (Å²) in [7, 11) is 1.66. The molecule has 0 aromatic heterocycles. The minimum atomic E-state index is -0.512. The molecular formula is C14H17BrO2. The van der Waals surface area contributed by atoms with Gasteiger partial charge in [0.25, 0.3) is 0 Å². The molecule has 17 heavy (non-hydrogen) atoms. The average Bonchev–Trinajstić information content (AvgIpc) is 2.78. The quantitative estimate of drug-likeness (QED) is 0.850. The molecule has 1 aliphatic rings. The number of ketones is 1. The van der Waals surface area contributed by atoms with Crippen LogP contribution in [-0.2, 0) is 16.0 Å². The van der Waals surface area contributed by atoms with Crippen molar-refractivity contribution >= 4 is 21.7 Å². The molecule has 0 amide bonds. The highest BCUT2D eigenvalue weighted by molar-refractivity contribution is 9.10. The number of ether oxygens (including phenoxy) is 1. The molecule has 1 aliphatic carbocycles. The lowest BCUT2D eigenvalue weighted by atomic mass is 9.91. The van der Waals surface area contributed by atoms with Crippen molar-refractivity contribution in [2.24, 2.45) is 0 Å². The molecule has 0 unspecified atom stereocenters. The van der Waals surface area contributed by atoms with Gasteiger partial charge in [-0.3, -0.25) is 4.79 Å². The molecule has 3 heteroatoms. The fraction of sp³-hybridized carbons (Fsp3) is 0.500. The van der Waals surface area contributed by atoms with Gasteiger partial charge in [0.05, 0.1) is 0 Å². The highest BCUT2D eigenvalue weighted by atomic mass is 79.9. The summed E-state index contributed by atoms with van der Waals surface area (Å²) in [6.07, 6.45) is 4.40. The standard InChI is InChI=1S/C14H17BrO2/c1-17-14(7-2-3-8-14)13(16)10-11-5-4-6-12(15)9-11/h4-6,9H,2-3,7-8,10H2,1H3. The third-order valence-corrected chi connectivity index (χ3v) is 4.06. The van der Waals surface area contributed by atoms with Gasteiger partial charge in [0.15, 0.2) is 5.78 Å². The van der Waals surface area contributed by atoms with E-state index in [2.05, 4.69) is 15.9 Å². The van der Waals surface area contributed by atoms with E-state index in [0.29, 0.717) is 6.42 Å². The van der Waals surface area contributed by atoms with Crippen LogP contribution in [0.5, 0.6) is 0 Å². The van der Waals surface area contributed by atoms with Gasteiger partial charge in [-0.05, 0) is 43.4 Å². The van der Waals surface area contributed by atoms with Gasteiger partial charge in [-0.25, -0.2) is 0 Å². The van der Waals surface area contributed by atoms with Crippen molar-refractivity contribution in [2.45, 2.75) is 37.7 Å². The molecule has 1 aromatic rings. The summed E-state index contributed by atoms with van der Waals surface area (Å²) in [6, 6.07) is 7.91. The lowest BCUT2D eigenvalue weighted by molar-refractivity contribution is -0.139. The number of benzene rings is 1. The van der Waals surface area contributed by atoms with Crippen molar-refractivity contribution in [3.63, 3.8) is 0 Å². The van der Waals surface area contributed by atoms with E-state index < -0.39 is 5.60 Å². The van der Waals surface area contributed by atoms with Gasteiger partial charge in [0.1, 0.15) is 5.60 Å². The Morgan fingerprint density at radius 1 is 1.41 bits per heavy atom. The van der Waals surface area contributed by atoms with Gasteiger partial charge in [-0.15, -0.1) is 0 Å². The van der Waals surface area contributed by atoms with Gasteiger partial charge in [0, 0.05) is 18.0 Å². The third-order valence-electron chi connectivity index (χ3n) is 3.56. The molecule has 0 spiro atoms. The van der Waals surface area contributed by atoms with Crippen molar-refractivity contribution in [3.05, 3.63) is 34.3 Å². The second-order valence-corrected chi connectivity index (χ2v) is 5.55. The van der Waals surface area contributed by atoms with E-state index in [0.717, 1.165) is 35.7 Å². The Kier molecular flexibility index (Phi) is 4.00. The smallest absolute Gasteiger partial charge is 0.168 e. The predicted octanol–water partition coefficient (Wildman–Crippen LogP) is 3.52. The van der Waals surface area contributed by atoms with Crippen molar-refractivity contribution in [2.75, 3.05) is 7.11 Å². The van der Waals surface area contributed by atoms with Crippen LogP contribution < -0.4 is 0 Å². The number of hydrogen-bond acceptors (Lipinski definition) is 2. The zero-order valence-corrected chi connectivity index (χ0v) is 11.6. The zero-order valence-electron chi connectivity index (χ0n) is 10.0. The largest absolute Gasteiger partial charge is 0.370 e. The van der Waals surface area contributed by atoms with Crippen molar-refractivity contribution < 1.29 is 9.53 Å². The zero-order chi connectivity index (χ0) is 12.3. The number of Topliss-reactive ketones (excluding diaryl/α,β-unsaturated/α-hetero) is 1. The van der Waals surface area contributed by atoms with Crippen LogP contribution in [0.4, 0.5) is 0 Å². The van der Waals surface area contributed by atoms with Gasteiger partial charge < -0.3 is 4.74 Å². The van der Waals surface area contributed by atoms with Gasteiger partial charge in [0.2, 0.25) is 0 Å². The molecule has 1 saturated carbocycles. The average molecular weight is 297 g/mol. The van der Waals surface area contributed by atoms with E-state index in [1.54, 1.807) is 7.11 Å². The summed E-state index contributed by atoms with van der Waals surface area (Å²) in [4.78, 5) is 12.3. The number of carbonyl (C=O) groups is 1. The molecule has 2 rings (SSSR count). The maximum atomic E-state index is 12.3. The van der Waals surface area contributed by atoms with Crippen LogP contribution in [0.25, 0.3) is 0 Å². The normalized spacial score (nSPS) is 18.2. The summed E-state index contributed by atoms with van der Waals surface area (Å²) >= 11 is 3.42. The van der Waals surface area contributed by atoms with Crippen LogP contribution >= 0.6 is 15.9 Å². The molecule has 0 saturated heterocycles. The number of methoxy groups -OCH3 is 1. The molecule has 0 atom stereocenters. The van der Waals surface area contributed by atoms with Crippen molar-refractivity contribution in [1.29, 1.82) is 0 Å². The minimum Gasteiger partial charge on any atom is -0.370 e. The van der Waals surface area contributed by atoms with Gasteiger partial charge >= 0.3 is 0 Å². The lowest BCUT2D eigenvalue weighted by Crippen LogP contribution is -2.38. The second-order valence-electron chi connectivity index (χ2n) is 4.64. The third kappa shape index (κ3) is 2.78.